The van der Waals surface area contributed by atoms with Crippen molar-refractivity contribution in [1.82, 2.24) is 4.98 Å². The molecule has 0 amide bonds. The quantitative estimate of drug-likeness (QED) is 0.871. The van der Waals surface area contributed by atoms with Crippen LogP contribution in [0.4, 0.5) is 0 Å². The predicted molar refractivity (Wildman–Crippen MR) is 81.1 cm³/mol. The number of nitrogens with two attached hydrogens (primary N) is 1. The average molecular weight is 340 g/mol. The molecular formula is C14H17IN2. The van der Waals surface area contributed by atoms with E-state index in [1.807, 2.05) is 6.92 Å². The summed E-state index contributed by atoms with van der Waals surface area (Å²) >= 11 is 2.34. The second-order valence-corrected chi connectivity index (χ2v) is 5.87. The van der Waals surface area contributed by atoms with E-state index in [0.717, 1.165) is 24.2 Å². The van der Waals surface area contributed by atoms with E-state index in [1.54, 1.807) is 0 Å². The maximum atomic E-state index is 5.71. The average Bonchev–Trinajstić information content (AvgIpc) is 2.29. The summed E-state index contributed by atoms with van der Waals surface area (Å²) in [7, 11) is 0. The molecule has 0 fully saturated rings. The zero-order valence-corrected chi connectivity index (χ0v) is 12.4. The predicted octanol–water partition coefficient (Wildman–Crippen LogP) is 3.29. The van der Waals surface area contributed by atoms with Crippen LogP contribution in [0.2, 0.25) is 0 Å². The van der Waals surface area contributed by atoms with Gasteiger partial charge in [0.15, 0.2) is 0 Å². The number of benzene rings is 1. The molecule has 0 radical (unpaired) electrons. The number of nitrogens with zero attached hydrogens (tertiary/aromatic N) is 1. The molecule has 90 valence electrons. The zero-order valence-electron chi connectivity index (χ0n) is 10.2. The molecule has 17 heavy (non-hydrogen) atoms. The number of pyridine rings is 1. The van der Waals surface area contributed by atoms with Gasteiger partial charge in [0.05, 0.1) is 5.52 Å². The minimum atomic E-state index is 0.512. The Hall–Kier alpha value is -0.680. The van der Waals surface area contributed by atoms with E-state index in [-0.39, 0.29) is 0 Å². The Morgan fingerprint density at radius 1 is 1.35 bits per heavy atom. The second-order valence-electron chi connectivity index (χ2n) is 4.63. The topological polar surface area (TPSA) is 38.9 Å². The number of rotatable bonds is 3. The van der Waals surface area contributed by atoms with Gasteiger partial charge in [-0.3, -0.25) is 4.98 Å². The smallest absolute Gasteiger partial charge is 0.0708 e. The standard InChI is InChI=1S/C14H17IN2/c1-9(8-16)5-11-6-10(2)17-14-4-3-12(15)7-13(11)14/h3-4,6-7,9H,5,8,16H2,1-2H3. The molecule has 1 heterocycles. The summed E-state index contributed by atoms with van der Waals surface area (Å²) in [5.74, 6) is 0.512. The van der Waals surface area contributed by atoms with Gasteiger partial charge >= 0.3 is 0 Å². The van der Waals surface area contributed by atoms with E-state index in [4.69, 9.17) is 5.73 Å². The van der Waals surface area contributed by atoms with Crippen molar-refractivity contribution in [3.63, 3.8) is 0 Å². The first kappa shape index (κ1) is 12.8. The van der Waals surface area contributed by atoms with Gasteiger partial charge in [0.2, 0.25) is 0 Å². The fraction of sp³-hybridized carbons (Fsp3) is 0.357. The molecule has 2 rings (SSSR count). The van der Waals surface area contributed by atoms with Gasteiger partial charge in [-0.1, -0.05) is 6.92 Å². The van der Waals surface area contributed by atoms with E-state index in [9.17, 15) is 0 Å². The highest BCUT2D eigenvalue weighted by Crippen LogP contribution is 2.23. The summed E-state index contributed by atoms with van der Waals surface area (Å²) in [5.41, 5.74) is 9.25. The molecule has 0 saturated carbocycles. The summed E-state index contributed by atoms with van der Waals surface area (Å²) in [6, 6.07) is 8.59. The van der Waals surface area contributed by atoms with Crippen molar-refractivity contribution in [2.75, 3.05) is 6.54 Å². The van der Waals surface area contributed by atoms with Crippen LogP contribution in [0.1, 0.15) is 18.2 Å². The Bertz CT molecular complexity index is 537. The first-order valence-corrected chi connectivity index (χ1v) is 6.94. The Morgan fingerprint density at radius 3 is 2.82 bits per heavy atom. The molecule has 2 nitrogen and oxygen atoms in total. The second kappa shape index (κ2) is 5.31. The van der Waals surface area contributed by atoms with E-state index < -0.39 is 0 Å². The Morgan fingerprint density at radius 2 is 2.12 bits per heavy atom. The van der Waals surface area contributed by atoms with Crippen molar-refractivity contribution in [3.8, 4) is 0 Å². The number of fused-ring (bicyclic) bond motifs is 1. The molecule has 0 saturated heterocycles. The van der Waals surface area contributed by atoms with Gasteiger partial charge in [0, 0.05) is 14.7 Å². The number of aryl methyl sites for hydroxylation is 1. The third kappa shape index (κ3) is 2.96. The third-order valence-electron chi connectivity index (χ3n) is 2.96. The molecule has 0 aliphatic heterocycles. The van der Waals surface area contributed by atoms with Crippen LogP contribution in [0, 0.1) is 16.4 Å². The summed E-state index contributed by atoms with van der Waals surface area (Å²) in [5, 5.41) is 1.27. The van der Waals surface area contributed by atoms with Crippen molar-refractivity contribution >= 4 is 33.5 Å². The van der Waals surface area contributed by atoms with Crippen LogP contribution >= 0.6 is 22.6 Å². The minimum Gasteiger partial charge on any atom is -0.330 e. The van der Waals surface area contributed by atoms with Crippen LogP contribution in [0.5, 0.6) is 0 Å². The van der Waals surface area contributed by atoms with Crippen molar-refractivity contribution in [3.05, 3.63) is 39.1 Å². The molecule has 0 aliphatic carbocycles. The maximum Gasteiger partial charge on any atom is 0.0708 e. The molecule has 1 unspecified atom stereocenters. The van der Waals surface area contributed by atoms with Crippen molar-refractivity contribution < 1.29 is 0 Å². The van der Waals surface area contributed by atoms with Crippen LogP contribution in [-0.4, -0.2) is 11.5 Å². The van der Waals surface area contributed by atoms with Crippen LogP contribution in [-0.2, 0) is 6.42 Å². The van der Waals surface area contributed by atoms with Crippen molar-refractivity contribution in [1.29, 1.82) is 0 Å². The monoisotopic (exact) mass is 340 g/mol. The van der Waals surface area contributed by atoms with Crippen molar-refractivity contribution in [2.45, 2.75) is 20.3 Å². The zero-order chi connectivity index (χ0) is 12.4. The van der Waals surface area contributed by atoms with Gasteiger partial charge in [-0.25, -0.2) is 0 Å². The Labute approximate surface area is 116 Å². The van der Waals surface area contributed by atoms with Gasteiger partial charge in [-0.15, -0.1) is 0 Å². The van der Waals surface area contributed by atoms with E-state index in [2.05, 4.69) is 58.8 Å². The highest BCUT2D eigenvalue weighted by atomic mass is 127. The molecule has 0 spiro atoms. The SMILES string of the molecule is Cc1cc(CC(C)CN)c2cc(I)ccc2n1. The fourth-order valence-corrected chi connectivity index (χ4v) is 2.53. The molecule has 1 aromatic carbocycles. The molecule has 2 aromatic rings. The molecule has 1 aromatic heterocycles. The fourth-order valence-electron chi connectivity index (χ4n) is 2.04. The van der Waals surface area contributed by atoms with Crippen molar-refractivity contribution in [2.24, 2.45) is 11.7 Å². The van der Waals surface area contributed by atoms with E-state index in [0.29, 0.717) is 5.92 Å². The molecule has 3 heteroatoms. The minimum absolute atomic E-state index is 0.512. The summed E-state index contributed by atoms with van der Waals surface area (Å²) in [6.07, 6.45) is 1.02. The van der Waals surface area contributed by atoms with Crippen LogP contribution < -0.4 is 5.73 Å². The first-order valence-electron chi connectivity index (χ1n) is 5.86. The lowest BCUT2D eigenvalue weighted by atomic mass is 9.97. The number of hydrogen-bond acceptors (Lipinski definition) is 2. The normalized spacial score (nSPS) is 12.9. The number of halogens is 1. The Kier molecular flexibility index (Phi) is 3.99. The van der Waals surface area contributed by atoms with E-state index >= 15 is 0 Å². The van der Waals surface area contributed by atoms with Crippen LogP contribution in [0.25, 0.3) is 10.9 Å². The number of hydrogen-bond donors (Lipinski definition) is 1. The van der Waals surface area contributed by atoms with Gasteiger partial charge in [0.1, 0.15) is 0 Å². The molecule has 1 atom stereocenters. The third-order valence-corrected chi connectivity index (χ3v) is 3.63. The molecule has 0 aliphatic rings. The lowest BCUT2D eigenvalue weighted by molar-refractivity contribution is 0.595. The molecule has 0 bridgehead atoms. The van der Waals surface area contributed by atoms with Gasteiger partial charge in [-0.05, 0) is 78.2 Å². The first-order chi connectivity index (χ1) is 8.10. The molecular weight excluding hydrogens is 323 g/mol. The molecule has 2 N–H and O–H groups in total. The van der Waals surface area contributed by atoms with Gasteiger partial charge < -0.3 is 5.73 Å². The largest absolute Gasteiger partial charge is 0.330 e. The van der Waals surface area contributed by atoms with E-state index in [1.165, 1.54) is 14.5 Å². The number of aromatic nitrogens is 1. The highest BCUT2D eigenvalue weighted by molar-refractivity contribution is 14.1. The lowest BCUT2D eigenvalue weighted by Gasteiger charge is -2.12. The summed E-state index contributed by atoms with van der Waals surface area (Å²) in [6.45, 7) is 4.97. The maximum absolute atomic E-state index is 5.71. The van der Waals surface area contributed by atoms with Gasteiger partial charge in [-0.2, -0.15) is 0 Å². The van der Waals surface area contributed by atoms with Gasteiger partial charge in [0.25, 0.3) is 0 Å². The highest BCUT2D eigenvalue weighted by Gasteiger charge is 2.08. The lowest BCUT2D eigenvalue weighted by Crippen LogP contribution is -2.13. The summed E-state index contributed by atoms with van der Waals surface area (Å²) < 4.78 is 1.25. The van der Waals surface area contributed by atoms with Crippen LogP contribution in [0.15, 0.2) is 24.3 Å². The summed E-state index contributed by atoms with van der Waals surface area (Å²) in [4.78, 5) is 4.58. The van der Waals surface area contributed by atoms with Crippen LogP contribution in [0.3, 0.4) is 0 Å². The Balaban J connectivity index is 2.55.